The molecule has 29 nitrogen and oxygen atoms in total. The summed E-state index contributed by atoms with van der Waals surface area (Å²) in [7, 11) is 5.80. The molecule has 4 heterocycles. The highest BCUT2D eigenvalue weighted by atomic mass is 35.5. The van der Waals surface area contributed by atoms with Crippen molar-refractivity contribution < 1.29 is 66.9 Å². The summed E-state index contributed by atoms with van der Waals surface area (Å²) in [6, 6.07) is 16.2. The van der Waals surface area contributed by atoms with Gasteiger partial charge in [-0.05, 0) is 57.1 Å². The minimum absolute atomic E-state index is 0.0142. The van der Waals surface area contributed by atoms with Gasteiger partial charge in [0.1, 0.15) is 97.9 Å². The van der Waals surface area contributed by atoms with Crippen LogP contribution in [-0.4, -0.2) is 192 Å². The smallest absolute Gasteiger partial charge is 0.420 e. The summed E-state index contributed by atoms with van der Waals surface area (Å²) < 4.78 is 50.3. The van der Waals surface area contributed by atoms with Gasteiger partial charge in [0.15, 0.2) is 0 Å². The molecule has 0 bridgehead atoms. The average molecular weight is 1520 g/mol. The highest BCUT2D eigenvalue weighted by Crippen LogP contribution is 2.49. The van der Waals surface area contributed by atoms with E-state index in [-0.39, 0.29) is 109 Å². The topological polar surface area (TPSA) is 295 Å². The molecule has 0 unspecified atom stereocenters. The van der Waals surface area contributed by atoms with Crippen LogP contribution in [0.1, 0.15) is 32.0 Å². The number of amides is 5. The van der Waals surface area contributed by atoms with E-state index in [9.17, 15) is 34.6 Å². The molecule has 0 radical (unpaired) electrons. The number of aromatic nitrogens is 4. The molecule has 0 aliphatic carbocycles. The fraction of sp³-hybridized carbons (Fsp3) is 0.470. The van der Waals surface area contributed by atoms with E-state index in [4.69, 9.17) is 89.0 Å². The number of carbonyl (C=O) groups excluding carboxylic acids is 3. The zero-order valence-electron chi connectivity index (χ0n) is 59.4. The molecule has 6 aromatic rings. The van der Waals surface area contributed by atoms with Gasteiger partial charge in [-0.2, -0.15) is 0 Å². The maximum absolute atomic E-state index is 14.5. The van der Waals surface area contributed by atoms with Crippen LogP contribution in [0.15, 0.2) is 73.3 Å². The predicted molar refractivity (Wildman–Crippen MR) is 397 cm³/mol. The van der Waals surface area contributed by atoms with Crippen molar-refractivity contribution in [2.24, 2.45) is 0 Å². The molecule has 8 rings (SSSR count). The molecule has 548 valence electrons. The van der Waals surface area contributed by atoms with E-state index in [0.717, 1.165) is 29.0 Å². The first-order valence-electron chi connectivity index (χ1n) is 32.0. The van der Waals surface area contributed by atoms with Crippen molar-refractivity contribution in [3.63, 3.8) is 0 Å². The summed E-state index contributed by atoms with van der Waals surface area (Å²) in [6.45, 7) is 23.2. The molecular formula is C66H87Cl4N13O16Si2. The van der Waals surface area contributed by atoms with Gasteiger partial charge < -0.3 is 52.4 Å². The van der Waals surface area contributed by atoms with E-state index in [1.54, 1.807) is 52.1 Å². The number of benzene rings is 4. The van der Waals surface area contributed by atoms with Crippen molar-refractivity contribution >= 4 is 138 Å². The molecule has 5 amide bonds. The van der Waals surface area contributed by atoms with Crippen LogP contribution in [-0.2, 0) is 30.1 Å². The lowest BCUT2D eigenvalue weighted by Crippen LogP contribution is -2.44. The van der Waals surface area contributed by atoms with E-state index in [2.05, 4.69) is 64.1 Å². The van der Waals surface area contributed by atoms with Crippen molar-refractivity contribution in [3.8, 4) is 23.0 Å². The van der Waals surface area contributed by atoms with Crippen molar-refractivity contribution in [1.82, 2.24) is 19.9 Å². The monoisotopic (exact) mass is 1510 g/mol. The highest BCUT2D eigenvalue weighted by molar-refractivity contribution is 6.76. The van der Waals surface area contributed by atoms with Crippen LogP contribution >= 0.6 is 46.4 Å². The second-order valence-electron chi connectivity index (χ2n) is 26.5. The van der Waals surface area contributed by atoms with Crippen LogP contribution in [0.25, 0.3) is 0 Å². The first-order valence-corrected chi connectivity index (χ1v) is 41.0. The number of urea groups is 2. The number of nitrogens with zero attached hydrogens (tertiary/aromatic N) is 13. The van der Waals surface area contributed by atoms with Gasteiger partial charge in [-0.3, -0.25) is 39.8 Å². The van der Waals surface area contributed by atoms with Crippen LogP contribution < -0.4 is 53.2 Å². The number of nitro groups is 2. The van der Waals surface area contributed by atoms with Crippen molar-refractivity contribution in [1.29, 1.82) is 0 Å². The second kappa shape index (κ2) is 35.7. The number of rotatable bonds is 26. The number of ether oxygens (including phenoxy) is 9. The molecule has 4 aromatic carbocycles. The summed E-state index contributed by atoms with van der Waals surface area (Å²) in [4.78, 5) is 93.4. The Kier molecular flexibility index (Phi) is 28.3. The van der Waals surface area contributed by atoms with E-state index in [1.165, 1.54) is 91.7 Å². The normalized spacial score (nSPS) is 13.3. The third kappa shape index (κ3) is 21.3. The molecular weight excluding hydrogens is 1430 g/mol. The number of morpholine rings is 2. The maximum atomic E-state index is 14.5. The lowest BCUT2D eigenvalue weighted by atomic mass is 10.1. The Balaban J connectivity index is 0.000000286. The molecule has 2 saturated heterocycles. The van der Waals surface area contributed by atoms with Gasteiger partial charge in [0.25, 0.3) is 11.4 Å². The summed E-state index contributed by atoms with van der Waals surface area (Å²) in [5.41, 5.74) is 1.06. The zero-order chi connectivity index (χ0) is 74.3. The third-order valence-corrected chi connectivity index (χ3v) is 20.6. The maximum Gasteiger partial charge on any atom is 0.420 e. The minimum Gasteiger partial charge on any atom is -0.495 e. The molecule has 2 fully saturated rings. The number of carbonyl (C=O) groups is 3. The molecule has 0 N–H and O–H groups in total. The first kappa shape index (κ1) is 80.2. The van der Waals surface area contributed by atoms with Gasteiger partial charge in [-0.1, -0.05) is 85.7 Å². The van der Waals surface area contributed by atoms with Crippen LogP contribution in [0.5, 0.6) is 23.0 Å². The van der Waals surface area contributed by atoms with Crippen molar-refractivity contribution in [2.45, 2.75) is 84.2 Å². The van der Waals surface area contributed by atoms with Crippen LogP contribution in [0.3, 0.4) is 0 Å². The lowest BCUT2D eigenvalue weighted by Gasteiger charge is -2.31. The minimum atomic E-state index is -1.49. The lowest BCUT2D eigenvalue weighted by molar-refractivity contribution is -0.385. The molecule has 0 spiro atoms. The Hall–Kier alpha value is -8.12. The number of halogens is 4. The largest absolute Gasteiger partial charge is 0.495 e. The summed E-state index contributed by atoms with van der Waals surface area (Å²) >= 11 is 27.0. The molecule has 2 aromatic heterocycles. The highest BCUT2D eigenvalue weighted by Gasteiger charge is 2.36. The predicted octanol–water partition coefficient (Wildman–Crippen LogP) is 14.5. The molecule has 2 aliphatic rings. The van der Waals surface area contributed by atoms with Crippen molar-refractivity contribution in [2.75, 3.05) is 156 Å². The average Bonchev–Trinajstić information content (AvgIpc) is 0.786. The van der Waals surface area contributed by atoms with Gasteiger partial charge >= 0.3 is 18.2 Å². The van der Waals surface area contributed by atoms with Crippen LogP contribution in [0.4, 0.5) is 71.6 Å². The van der Waals surface area contributed by atoms with Gasteiger partial charge in [0.05, 0.1) is 81.8 Å². The Bertz CT molecular complexity index is 3860. The number of anilines is 8. The molecule has 101 heavy (non-hydrogen) atoms. The van der Waals surface area contributed by atoms with Crippen molar-refractivity contribution in [3.05, 3.63) is 125 Å². The van der Waals surface area contributed by atoms with Gasteiger partial charge in [-0.15, -0.1) is 0 Å². The number of hydrogen-bond donors (Lipinski definition) is 0. The number of nitro benzene ring substituents is 2. The fourth-order valence-corrected chi connectivity index (χ4v) is 13.1. The Labute approximate surface area is 609 Å². The van der Waals surface area contributed by atoms with Crippen LogP contribution in [0, 0.1) is 20.2 Å². The van der Waals surface area contributed by atoms with Gasteiger partial charge in [-0.25, -0.2) is 39.2 Å². The summed E-state index contributed by atoms with van der Waals surface area (Å²) in [6.07, 6.45) is 1.64. The molecule has 0 saturated carbocycles. The molecule has 2 aliphatic heterocycles. The first-order chi connectivity index (χ1) is 47.7. The summed E-state index contributed by atoms with van der Waals surface area (Å²) in [5.74, 6) is 1.09. The number of methoxy groups -OCH3 is 4. The fourth-order valence-electron chi connectivity index (χ4n) is 10.2. The zero-order valence-corrected chi connectivity index (χ0v) is 64.4. The van der Waals surface area contributed by atoms with E-state index < -0.39 is 49.8 Å². The second-order valence-corrected chi connectivity index (χ2v) is 39.3. The SMILES string of the molecule is COc1cc(OC)c(Cl)c(N(COCC[Si](C)(C)C)C(=O)N(C)c2cc(Cc3ccc(N4CCOCC4)cc3[N+](=O)[O-])ncn2)c1Cl.COc1cc(OC)c(Cl)c(N(COCC[Si](C)(C)C)C(=O)N(C)c2cc(N(C(=O)OC(C)(C)C)c3ccc(N4CCOCC4)cc3[N+](=O)[O-])ncn2)c1Cl. The van der Waals surface area contributed by atoms with Gasteiger partial charge in [0, 0.05) is 129 Å². The van der Waals surface area contributed by atoms with Gasteiger partial charge in [0.2, 0.25) is 0 Å². The molecule has 35 heteroatoms. The number of hydrogen-bond acceptors (Lipinski definition) is 22. The summed E-state index contributed by atoms with van der Waals surface area (Å²) in [5, 5.41) is 24.9. The Morgan fingerprint density at radius 3 is 1.37 bits per heavy atom. The van der Waals surface area contributed by atoms with Crippen LogP contribution in [0.2, 0.25) is 71.5 Å². The van der Waals surface area contributed by atoms with E-state index in [1.807, 2.05) is 11.0 Å². The molecule has 0 atom stereocenters. The van der Waals surface area contributed by atoms with E-state index >= 15 is 0 Å². The third-order valence-electron chi connectivity index (χ3n) is 15.7. The Morgan fingerprint density at radius 1 is 0.564 bits per heavy atom. The quantitative estimate of drug-likeness (QED) is 0.0160. The van der Waals surface area contributed by atoms with E-state index in [0.29, 0.717) is 82.8 Å². The standard InChI is InChI=1S/C35H47Cl2N7O9Si.C31H40Cl2N6O7Si/c1-35(2,3)53-34(46)43(24-11-10-23(18-25(24)44(47)48)41-12-14-51-15-13-41)29-20-28(38-21-39-29)40(4)33(45)42(22-52-16-17-54(7,8)9)32-30(36)26(49-5)19-27(50-6)31(32)37;1-36(31(40)38(20-46-13-14-47(4,5)6)30-28(32)25(43-2)18-26(44-3)29(30)33)27-16-22(34-19-35-27)15-21-7-8-23(17-24(21)39(41)42)37-9-11-45-12-10-37/h10-11,18-21H,12-17,22H2,1-9H3;7-8,16-19H,9-15,20H2,1-6H3. The Morgan fingerprint density at radius 2 is 0.960 bits per heavy atom.